The Morgan fingerprint density at radius 3 is 1.44 bits per heavy atom. The molecule has 2 rings (SSSR count). The number of benzene rings is 2. The Hall–Kier alpha value is -1.46. The molecule has 0 N–H and O–H groups in total. The van der Waals surface area contributed by atoms with Gasteiger partial charge in [0.15, 0.2) is 0 Å². The monoisotopic (exact) mass is 400 g/mol. The van der Waals surface area contributed by atoms with Crippen molar-refractivity contribution < 1.29 is 9.47 Å². The fourth-order valence-corrected chi connectivity index (χ4v) is 3.91. The molecule has 0 spiro atoms. The SMILES string of the molecule is C=Cc1ccc(CSCCOCOCCSCc2ccc(C=C)cc2)cc1. The van der Waals surface area contributed by atoms with E-state index in [0.29, 0.717) is 6.79 Å². The first-order valence-corrected chi connectivity index (χ1v) is 11.4. The lowest BCUT2D eigenvalue weighted by molar-refractivity contribution is -0.0426. The topological polar surface area (TPSA) is 18.5 Å². The minimum atomic E-state index is 0.378. The molecule has 27 heavy (non-hydrogen) atoms. The number of rotatable bonds is 14. The fourth-order valence-electron chi connectivity index (χ4n) is 2.29. The van der Waals surface area contributed by atoms with Crippen molar-refractivity contribution in [2.75, 3.05) is 31.5 Å². The molecule has 0 atom stereocenters. The van der Waals surface area contributed by atoms with Crippen LogP contribution in [0.4, 0.5) is 0 Å². The van der Waals surface area contributed by atoms with Crippen LogP contribution in [0.25, 0.3) is 12.2 Å². The Morgan fingerprint density at radius 2 is 1.07 bits per heavy atom. The standard InChI is InChI=1S/C23H28O2S2/c1-3-20-5-9-22(10-6-20)17-26-15-13-24-19-25-14-16-27-18-23-11-7-21(4-2)8-12-23/h3-12H,1-2,13-19H2. The summed E-state index contributed by atoms with van der Waals surface area (Å²) in [5.74, 6) is 3.96. The van der Waals surface area contributed by atoms with Gasteiger partial charge in [-0.05, 0) is 22.3 Å². The van der Waals surface area contributed by atoms with Gasteiger partial charge in [-0.15, -0.1) is 0 Å². The Balaban J connectivity index is 1.39. The second-order valence-corrected chi connectivity index (χ2v) is 8.14. The van der Waals surface area contributed by atoms with E-state index in [0.717, 1.165) is 47.4 Å². The summed E-state index contributed by atoms with van der Waals surface area (Å²) in [5.41, 5.74) is 4.98. The molecular formula is C23H28O2S2. The van der Waals surface area contributed by atoms with Crippen molar-refractivity contribution in [3.8, 4) is 0 Å². The molecule has 0 unspecified atom stereocenters. The summed E-state index contributed by atoms with van der Waals surface area (Å²) in [4.78, 5) is 0. The van der Waals surface area contributed by atoms with Crippen molar-refractivity contribution in [3.63, 3.8) is 0 Å². The van der Waals surface area contributed by atoms with E-state index < -0.39 is 0 Å². The molecule has 0 saturated carbocycles. The molecule has 0 amide bonds. The van der Waals surface area contributed by atoms with Gasteiger partial charge in [-0.2, -0.15) is 23.5 Å². The summed E-state index contributed by atoms with van der Waals surface area (Å²) in [6.45, 7) is 9.36. The van der Waals surface area contributed by atoms with E-state index in [9.17, 15) is 0 Å². The summed E-state index contributed by atoms with van der Waals surface area (Å²) in [7, 11) is 0. The van der Waals surface area contributed by atoms with Crippen LogP contribution in [0.5, 0.6) is 0 Å². The molecule has 0 bridgehead atoms. The Morgan fingerprint density at radius 1 is 0.667 bits per heavy atom. The smallest absolute Gasteiger partial charge is 0.146 e. The van der Waals surface area contributed by atoms with Gasteiger partial charge < -0.3 is 9.47 Å². The van der Waals surface area contributed by atoms with Crippen LogP contribution in [0, 0.1) is 0 Å². The van der Waals surface area contributed by atoms with E-state index >= 15 is 0 Å². The average molecular weight is 401 g/mol. The molecule has 2 aromatic carbocycles. The van der Waals surface area contributed by atoms with Crippen LogP contribution < -0.4 is 0 Å². The minimum absolute atomic E-state index is 0.378. The molecule has 2 nitrogen and oxygen atoms in total. The second kappa shape index (κ2) is 13.7. The lowest BCUT2D eigenvalue weighted by Crippen LogP contribution is -2.05. The van der Waals surface area contributed by atoms with Gasteiger partial charge >= 0.3 is 0 Å². The van der Waals surface area contributed by atoms with Crippen LogP contribution in [-0.2, 0) is 21.0 Å². The summed E-state index contributed by atoms with van der Waals surface area (Å²) in [6.07, 6.45) is 3.73. The molecule has 0 aromatic heterocycles. The minimum Gasteiger partial charge on any atom is -0.355 e. The summed E-state index contributed by atoms with van der Waals surface area (Å²) < 4.78 is 11.0. The van der Waals surface area contributed by atoms with Gasteiger partial charge in [-0.3, -0.25) is 0 Å². The quantitative estimate of drug-likeness (QED) is 0.280. The van der Waals surface area contributed by atoms with E-state index in [-0.39, 0.29) is 0 Å². The van der Waals surface area contributed by atoms with Crippen molar-refractivity contribution in [3.05, 3.63) is 83.9 Å². The van der Waals surface area contributed by atoms with Crippen LogP contribution in [0.1, 0.15) is 22.3 Å². The fraction of sp³-hybridized carbons (Fsp3) is 0.304. The molecule has 0 saturated heterocycles. The molecule has 2 aromatic rings. The summed E-state index contributed by atoms with van der Waals surface area (Å²) >= 11 is 3.75. The van der Waals surface area contributed by atoms with E-state index in [1.807, 2.05) is 35.7 Å². The highest BCUT2D eigenvalue weighted by atomic mass is 32.2. The van der Waals surface area contributed by atoms with Crippen molar-refractivity contribution in [2.45, 2.75) is 11.5 Å². The van der Waals surface area contributed by atoms with Crippen LogP contribution in [0.2, 0.25) is 0 Å². The summed E-state index contributed by atoms with van der Waals surface area (Å²) in [6, 6.07) is 17.0. The Bertz CT molecular complexity index is 606. The van der Waals surface area contributed by atoms with Gasteiger partial charge in [0.2, 0.25) is 0 Å². The second-order valence-electron chi connectivity index (χ2n) is 5.93. The zero-order valence-corrected chi connectivity index (χ0v) is 17.4. The first kappa shape index (κ1) is 21.8. The molecule has 0 aliphatic heterocycles. The normalized spacial score (nSPS) is 10.7. The van der Waals surface area contributed by atoms with Crippen molar-refractivity contribution in [1.29, 1.82) is 0 Å². The summed E-state index contributed by atoms with van der Waals surface area (Å²) in [5, 5.41) is 0. The van der Waals surface area contributed by atoms with E-state index in [1.165, 1.54) is 11.1 Å². The molecule has 0 aliphatic carbocycles. The maximum absolute atomic E-state index is 5.52. The number of ether oxygens (including phenoxy) is 2. The number of hydrogen-bond donors (Lipinski definition) is 0. The van der Waals surface area contributed by atoms with Crippen LogP contribution in [0.15, 0.2) is 61.7 Å². The lowest BCUT2D eigenvalue weighted by atomic mass is 10.1. The van der Waals surface area contributed by atoms with E-state index in [1.54, 1.807) is 0 Å². The highest BCUT2D eigenvalue weighted by Crippen LogP contribution is 2.14. The van der Waals surface area contributed by atoms with E-state index in [2.05, 4.69) is 61.7 Å². The zero-order chi connectivity index (χ0) is 19.2. The zero-order valence-electron chi connectivity index (χ0n) is 15.8. The third kappa shape index (κ3) is 9.34. The molecule has 0 radical (unpaired) electrons. The highest BCUT2D eigenvalue weighted by Gasteiger charge is 1.97. The van der Waals surface area contributed by atoms with Gasteiger partial charge in [0, 0.05) is 23.0 Å². The number of hydrogen-bond acceptors (Lipinski definition) is 4. The van der Waals surface area contributed by atoms with Gasteiger partial charge in [0.1, 0.15) is 6.79 Å². The molecule has 0 heterocycles. The molecule has 144 valence electrons. The van der Waals surface area contributed by atoms with Crippen LogP contribution in [-0.4, -0.2) is 31.5 Å². The first-order chi connectivity index (χ1) is 13.3. The van der Waals surface area contributed by atoms with Crippen LogP contribution in [0.3, 0.4) is 0 Å². The third-order valence-corrected chi connectivity index (χ3v) is 5.86. The third-order valence-electron chi connectivity index (χ3n) is 3.88. The predicted molar refractivity (Wildman–Crippen MR) is 122 cm³/mol. The molecule has 0 aliphatic rings. The van der Waals surface area contributed by atoms with Crippen molar-refractivity contribution in [1.82, 2.24) is 0 Å². The molecular weight excluding hydrogens is 372 g/mol. The highest BCUT2D eigenvalue weighted by molar-refractivity contribution is 7.98. The maximum atomic E-state index is 5.52. The number of thioether (sulfide) groups is 2. The van der Waals surface area contributed by atoms with Gasteiger partial charge in [0.05, 0.1) is 13.2 Å². The first-order valence-electron chi connectivity index (χ1n) is 9.05. The maximum Gasteiger partial charge on any atom is 0.146 e. The van der Waals surface area contributed by atoms with Crippen molar-refractivity contribution >= 4 is 35.7 Å². The Kier molecular flexibility index (Phi) is 11.1. The van der Waals surface area contributed by atoms with Crippen molar-refractivity contribution in [2.24, 2.45) is 0 Å². The van der Waals surface area contributed by atoms with Gasteiger partial charge in [0.25, 0.3) is 0 Å². The molecule has 0 fully saturated rings. The predicted octanol–water partition coefficient (Wildman–Crippen LogP) is 6.13. The Labute approximate surface area is 172 Å². The lowest BCUT2D eigenvalue weighted by Gasteiger charge is -2.07. The molecule has 4 heteroatoms. The largest absolute Gasteiger partial charge is 0.355 e. The van der Waals surface area contributed by atoms with Gasteiger partial charge in [-0.25, -0.2) is 0 Å². The van der Waals surface area contributed by atoms with E-state index in [4.69, 9.17) is 9.47 Å². The van der Waals surface area contributed by atoms with Crippen LogP contribution >= 0.6 is 23.5 Å². The average Bonchev–Trinajstić information content (AvgIpc) is 2.73. The van der Waals surface area contributed by atoms with Gasteiger partial charge in [-0.1, -0.05) is 73.8 Å².